The molecule has 7 nitrogen and oxygen atoms in total. The van der Waals surface area contributed by atoms with Crippen molar-refractivity contribution in [1.29, 1.82) is 10.5 Å². The zero-order valence-electron chi connectivity index (χ0n) is 17.9. The van der Waals surface area contributed by atoms with E-state index in [9.17, 15) is 9.65 Å². The summed E-state index contributed by atoms with van der Waals surface area (Å²) in [5.74, 6) is -0.222. The zero-order chi connectivity index (χ0) is 22.9. The fraction of sp³-hybridized carbons (Fsp3) is 0.167. The van der Waals surface area contributed by atoms with Gasteiger partial charge in [0.15, 0.2) is 0 Å². The molecule has 4 aromatic heterocycles. The van der Waals surface area contributed by atoms with Crippen LogP contribution in [0.15, 0.2) is 42.5 Å². The summed E-state index contributed by atoms with van der Waals surface area (Å²) >= 11 is 0. The van der Waals surface area contributed by atoms with Gasteiger partial charge in [0.05, 0.1) is 23.7 Å². The first kappa shape index (κ1) is 23.9. The Morgan fingerprint density at radius 3 is 2.36 bits per heavy atom. The standard InChI is InChI=1S/C24H16FN7.Pt/c1-15-10-11-16(23(25)29-15)17-6-4-7-20(30-17)24(2,3)21-8-5-9-22(31-21)32-14-28-18(12-26)19(32)13-27;/h4-10H,1-3H3;/q-2;+2. The van der Waals surface area contributed by atoms with Gasteiger partial charge >= 0.3 is 21.1 Å². The second kappa shape index (κ2) is 9.40. The van der Waals surface area contributed by atoms with Gasteiger partial charge in [0.1, 0.15) is 5.95 Å². The van der Waals surface area contributed by atoms with Crippen LogP contribution in [0.4, 0.5) is 4.39 Å². The average Bonchev–Trinajstić information content (AvgIpc) is 3.22. The molecule has 9 heteroatoms. The fourth-order valence-corrected chi connectivity index (χ4v) is 3.26. The van der Waals surface area contributed by atoms with Crippen molar-refractivity contribution in [1.82, 2.24) is 24.5 Å². The number of nitrogens with zero attached hydrogens (tertiary/aromatic N) is 7. The van der Waals surface area contributed by atoms with Gasteiger partial charge in [-0.1, -0.05) is 36.8 Å². The molecule has 0 aliphatic rings. The molecule has 33 heavy (non-hydrogen) atoms. The maximum Gasteiger partial charge on any atom is 2.00 e. The Kier molecular flexibility index (Phi) is 6.81. The van der Waals surface area contributed by atoms with Crippen molar-refractivity contribution in [3.05, 3.63) is 89.3 Å². The molecule has 164 valence electrons. The second-order valence-electron chi connectivity index (χ2n) is 7.59. The van der Waals surface area contributed by atoms with Gasteiger partial charge < -0.3 is 19.5 Å². The van der Waals surface area contributed by atoms with Crippen molar-refractivity contribution >= 4 is 0 Å². The summed E-state index contributed by atoms with van der Waals surface area (Å²) in [4.78, 5) is 17.0. The minimum Gasteiger partial charge on any atom is -0.402 e. The molecule has 0 saturated heterocycles. The van der Waals surface area contributed by atoms with Gasteiger partial charge in [-0.05, 0) is 37.4 Å². The van der Waals surface area contributed by atoms with Crippen LogP contribution in [0, 0.1) is 47.9 Å². The Balaban J connectivity index is 0.00000306. The number of hydrogen-bond donors (Lipinski definition) is 0. The minimum atomic E-state index is -0.661. The number of aryl methyl sites for hydroxylation is 1. The first-order valence-corrected chi connectivity index (χ1v) is 9.66. The van der Waals surface area contributed by atoms with E-state index in [2.05, 4.69) is 32.3 Å². The predicted molar refractivity (Wildman–Crippen MR) is 113 cm³/mol. The molecule has 0 unspecified atom stereocenters. The van der Waals surface area contributed by atoms with Crippen LogP contribution in [0.2, 0.25) is 0 Å². The van der Waals surface area contributed by atoms with Gasteiger partial charge in [0.25, 0.3) is 0 Å². The zero-order valence-corrected chi connectivity index (χ0v) is 20.1. The van der Waals surface area contributed by atoms with Gasteiger partial charge in [0, 0.05) is 28.8 Å². The van der Waals surface area contributed by atoms with Crippen molar-refractivity contribution in [3.63, 3.8) is 0 Å². The third-order valence-electron chi connectivity index (χ3n) is 5.08. The maximum absolute atomic E-state index is 14.4. The van der Waals surface area contributed by atoms with Crippen LogP contribution in [0.3, 0.4) is 0 Å². The number of imidazole rings is 1. The quantitative estimate of drug-likeness (QED) is 0.255. The monoisotopic (exact) mass is 616 g/mol. The van der Waals surface area contributed by atoms with Crippen molar-refractivity contribution in [2.75, 3.05) is 0 Å². The van der Waals surface area contributed by atoms with Crippen molar-refractivity contribution < 1.29 is 25.5 Å². The Hall–Kier alpha value is -3.74. The number of pyridine rings is 3. The molecule has 0 N–H and O–H groups in total. The third kappa shape index (κ3) is 4.44. The molecular formula is C24H16FN7Pt. The fourth-order valence-electron chi connectivity index (χ4n) is 3.26. The molecule has 0 fully saturated rings. The first-order chi connectivity index (χ1) is 15.3. The van der Waals surface area contributed by atoms with Crippen LogP contribution in [-0.2, 0) is 26.5 Å². The molecule has 4 aromatic rings. The van der Waals surface area contributed by atoms with Gasteiger partial charge in [0.2, 0.25) is 0 Å². The van der Waals surface area contributed by atoms with Crippen LogP contribution >= 0.6 is 0 Å². The molecule has 4 heterocycles. The molecule has 0 aliphatic carbocycles. The Bertz CT molecular complexity index is 1410. The summed E-state index contributed by atoms with van der Waals surface area (Å²) in [6.45, 7) is 5.59. The summed E-state index contributed by atoms with van der Waals surface area (Å²) in [5.41, 5.74) is 1.88. The number of halogens is 1. The Labute approximate surface area is 204 Å². The van der Waals surface area contributed by atoms with E-state index in [0.717, 1.165) is 0 Å². The van der Waals surface area contributed by atoms with Crippen LogP contribution in [0.5, 0.6) is 0 Å². The Morgan fingerprint density at radius 1 is 1.00 bits per heavy atom. The molecule has 0 amide bonds. The summed E-state index contributed by atoms with van der Waals surface area (Å²) < 4.78 is 15.7. The van der Waals surface area contributed by atoms with Crippen molar-refractivity contribution in [2.24, 2.45) is 0 Å². The number of aromatic nitrogens is 5. The average molecular weight is 617 g/mol. The SMILES string of the molecule is Cc1c[c-]c(-c2cccc(C(C)(C)c3cccc(-n4[c-]nc(C#N)c4C#N)n3)n2)c(F)n1.[Pt+2]. The van der Waals surface area contributed by atoms with E-state index in [0.29, 0.717) is 28.6 Å². The van der Waals surface area contributed by atoms with Crippen LogP contribution in [0.1, 0.15) is 42.3 Å². The van der Waals surface area contributed by atoms with Crippen LogP contribution < -0.4 is 0 Å². The van der Waals surface area contributed by atoms with Crippen LogP contribution in [-0.4, -0.2) is 24.5 Å². The molecule has 0 aromatic carbocycles. The number of nitriles is 2. The molecule has 0 aliphatic heterocycles. The van der Waals surface area contributed by atoms with Gasteiger partial charge in [-0.15, -0.1) is 12.1 Å². The van der Waals surface area contributed by atoms with Crippen molar-refractivity contribution in [2.45, 2.75) is 26.2 Å². The van der Waals surface area contributed by atoms with Gasteiger partial charge in [-0.25, -0.2) is 14.9 Å². The molecular weight excluding hydrogens is 600 g/mol. The predicted octanol–water partition coefficient (Wildman–Crippen LogP) is 3.84. The molecule has 4 rings (SSSR count). The molecule has 0 saturated carbocycles. The summed E-state index contributed by atoms with van der Waals surface area (Å²) in [6.07, 6.45) is 2.64. The minimum absolute atomic E-state index is 0. The van der Waals surface area contributed by atoms with E-state index in [1.165, 1.54) is 4.57 Å². The van der Waals surface area contributed by atoms with Gasteiger partial charge in [-0.3, -0.25) is 4.98 Å². The molecule has 0 bridgehead atoms. The smallest absolute Gasteiger partial charge is 0.402 e. The summed E-state index contributed by atoms with van der Waals surface area (Å²) in [5, 5.41) is 18.5. The van der Waals surface area contributed by atoms with E-state index in [-0.39, 0.29) is 38.0 Å². The van der Waals surface area contributed by atoms with E-state index in [1.54, 1.807) is 37.3 Å². The van der Waals surface area contributed by atoms with Crippen molar-refractivity contribution in [3.8, 4) is 29.2 Å². The summed E-state index contributed by atoms with van der Waals surface area (Å²) in [6, 6.07) is 19.0. The first-order valence-electron chi connectivity index (χ1n) is 9.66. The van der Waals surface area contributed by atoms with E-state index < -0.39 is 11.4 Å². The largest absolute Gasteiger partial charge is 2.00 e. The second-order valence-corrected chi connectivity index (χ2v) is 7.59. The number of hydrogen-bond acceptors (Lipinski definition) is 6. The topological polar surface area (TPSA) is 104 Å². The summed E-state index contributed by atoms with van der Waals surface area (Å²) in [7, 11) is 0. The van der Waals surface area contributed by atoms with Gasteiger partial charge in [-0.2, -0.15) is 0 Å². The molecule has 0 spiro atoms. The van der Waals surface area contributed by atoms with E-state index >= 15 is 0 Å². The van der Waals surface area contributed by atoms with Crippen LogP contribution in [0.25, 0.3) is 17.1 Å². The van der Waals surface area contributed by atoms with E-state index in [1.807, 2.05) is 38.1 Å². The third-order valence-corrected chi connectivity index (χ3v) is 5.08. The molecule has 0 radical (unpaired) electrons. The number of rotatable bonds is 4. The molecule has 0 atom stereocenters. The van der Waals surface area contributed by atoms with E-state index in [4.69, 9.17) is 5.26 Å². The maximum atomic E-state index is 14.4. The Morgan fingerprint density at radius 2 is 1.70 bits per heavy atom. The normalized spacial score (nSPS) is 10.7.